The Bertz CT molecular complexity index is 333. The molecule has 0 aliphatic carbocycles. The number of aliphatic hydroxyl groups excluding tert-OH is 1. The molecule has 0 fully saturated rings. The summed E-state index contributed by atoms with van der Waals surface area (Å²) in [6.07, 6.45) is 1.01. The van der Waals surface area contributed by atoms with E-state index in [2.05, 4.69) is 12.2 Å². The van der Waals surface area contributed by atoms with Crippen molar-refractivity contribution in [3.8, 4) is 0 Å². The van der Waals surface area contributed by atoms with Crippen molar-refractivity contribution in [3.63, 3.8) is 0 Å². The van der Waals surface area contributed by atoms with Crippen molar-refractivity contribution < 1.29 is 9.50 Å². The van der Waals surface area contributed by atoms with E-state index in [1.165, 1.54) is 6.07 Å². The van der Waals surface area contributed by atoms with Gasteiger partial charge in [0.1, 0.15) is 5.82 Å². The van der Waals surface area contributed by atoms with Crippen LogP contribution in [0.25, 0.3) is 0 Å². The Kier molecular flexibility index (Phi) is 5.94. The summed E-state index contributed by atoms with van der Waals surface area (Å²) in [7, 11) is 1.83. The van der Waals surface area contributed by atoms with Crippen LogP contribution in [0.3, 0.4) is 0 Å². The van der Waals surface area contributed by atoms with Gasteiger partial charge in [0.2, 0.25) is 0 Å². The van der Waals surface area contributed by atoms with Crippen LogP contribution >= 0.6 is 0 Å². The molecule has 0 radical (unpaired) electrons. The Morgan fingerprint density at radius 1 is 1.41 bits per heavy atom. The van der Waals surface area contributed by atoms with E-state index in [-0.39, 0.29) is 18.5 Å². The first-order chi connectivity index (χ1) is 8.19. The van der Waals surface area contributed by atoms with Gasteiger partial charge in [-0.25, -0.2) is 4.39 Å². The summed E-state index contributed by atoms with van der Waals surface area (Å²) in [4.78, 5) is 1.82. The lowest BCUT2D eigenvalue weighted by molar-refractivity contribution is 0.244. The molecular formula is C13H21FN2O. The van der Waals surface area contributed by atoms with Crippen molar-refractivity contribution in [3.05, 3.63) is 30.1 Å². The molecule has 0 saturated heterocycles. The second-order valence-corrected chi connectivity index (χ2v) is 4.17. The molecule has 0 amide bonds. The molecule has 1 aromatic rings. The van der Waals surface area contributed by atoms with E-state index < -0.39 is 0 Å². The van der Waals surface area contributed by atoms with Crippen LogP contribution in [0.4, 0.5) is 10.1 Å². The van der Waals surface area contributed by atoms with Crippen molar-refractivity contribution in [2.75, 3.05) is 31.6 Å². The topological polar surface area (TPSA) is 35.5 Å². The predicted molar refractivity (Wildman–Crippen MR) is 68.8 cm³/mol. The molecule has 0 bridgehead atoms. The summed E-state index contributed by atoms with van der Waals surface area (Å²) in [6.45, 7) is 3.56. The van der Waals surface area contributed by atoms with Crippen LogP contribution in [0.15, 0.2) is 24.3 Å². The van der Waals surface area contributed by atoms with Crippen LogP contribution < -0.4 is 10.2 Å². The average Bonchev–Trinajstić information content (AvgIpc) is 2.34. The number of anilines is 1. The molecule has 1 unspecified atom stereocenters. The standard InChI is InChI=1S/C13H21FN2O/c1-3-8-15-11(10-17)9-16(2)13-7-5-4-6-12(13)14/h4-7,11,15,17H,3,8-10H2,1-2H3. The van der Waals surface area contributed by atoms with Crippen LogP contribution in [0.1, 0.15) is 13.3 Å². The molecule has 2 N–H and O–H groups in total. The largest absolute Gasteiger partial charge is 0.395 e. The minimum absolute atomic E-state index is 0.0282. The molecule has 1 atom stereocenters. The number of hydrogen-bond acceptors (Lipinski definition) is 3. The van der Waals surface area contributed by atoms with E-state index >= 15 is 0 Å². The van der Waals surface area contributed by atoms with Gasteiger partial charge in [0.15, 0.2) is 0 Å². The van der Waals surface area contributed by atoms with E-state index in [0.717, 1.165) is 13.0 Å². The van der Waals surface area contributed by atoms with Crippen LogP contribution in [0, 0.1) is 5.82 Å². The summed E-state index contributed by atoms with van der Waals surface area (Å²) >= 11 is 0. The summed E-state index contributed by atoms with van der Waals surface area (Å²) < 4.78 is 13.5. The summed E-state index contributed by atoms with van der Waals surface area (Å²) in [5.41, 5.74) is 0.559. The quantitative estimate of drug-likeness (QED) is 0.760. The third-order valence-electron chi connectivity index (χ3n) is 2.66. The van der Waals surface area contributed by atoms with Gasteiger partial charge in [-0.1, -0.05) is 19.1 Å². The highest BCUT2D eigenvalue weighted by molar-refractivity contribution is 5.46. The lowest BCUT2D eigenvalue weighted by atomic mass is 10.2. The average molecular weight is 240 g/mol. The Morgan fingerprint density at radius 2 is 2.12 bits per heavy atom. The number of aliphatic hydroxyl groups is 1. The SMILES string of the molecule is CCCNC(CO)CN(C)c1ccccc1F. The van der Waals surface area contributed by atoms with Crippen LogP contribution in [-0.4, -0.2) is 37.9 Å². The van der Waals surface area contributed by atoms with Gasteiger partial charge >= 0.3 is 0 Å². The second-order valence-electron chi connectivity index (χ2n) is 4.17. The molecule has 1 rings (SSSR count). The van der Waals surface area contributed by atoms with Crippen molar-refractivity contribution in [2.24, 2.45) is 0 Å². The van der Waals surface area contributed by atoms with Crippen LogP contribution in [0.2, 0.25) is 0 Å². The number of nitrogens with one attached hydrogen (secondary N) is 1. The first-order valence-electron chi connectivity index (χ1n) is 5.99. The summed E-state index contributed by atoms with van der Waals surface area (Å²) in [6, 6.07) is 6.64. The van der Waals surface area contributed by atoms with Crippen LogP contribution in [0.5, 0.6) is 0 Å². The first kappa shape index (κ1) is 13.9. The zero-order valence-electron chi connectivity index (χ0n) is 10.5. The molecule has 0 aliphatic rings. The van der Waals surface area contributed by atoms with E-state index in [1.807, 2.05) is 18.0 Å². The minimum Gasteiger partial charge on any atom is -0.395 e. The molecule has 3 nitrogen and oxygen atoms in total. The zero-order chi connectivity index (χ0) is 12.7. The maximum Gasteiger partial charge on any atom is 0.146 e. The first-order valence-corrected chi connectivity index (χ1v) is 5.99. The zero-order valence-corrected chi connectivity index (χ0v) is 10.5. The molecule has 0 saturated carbocycles. The normalized spacial score (nSPS) is 12.5. The number of benzene rings is 1. The number of para-hydroxylation sites is 1. The fraction of sp³-hybridized carbons (Fsp3) is 0.538. The number of hydrogen-bond donors (Lipinski definition) is 2. The van der Waals surface area contributed by atoms with Gasteiger partial charge < -0.3 is 15.3 Å². The van der Waals surface area contributed by atoms with Crippen molar-refractivity contribution in [1.82, 2.24) is 5.32 Å². The summed E-state index contributed by atoms with van der Waals surface area (Å²) in [5.74, 6) is -0.234. The van der Waals surface area contributed by atoms with Gasteiger partial charge in [-0.15, -0.1) is 0 Å². The number of likely N-dealkylation sites (N-methyl/N-ethyl adjacent to an activating group) is 1. The Hall–Kier alpha value is -1.13. The molecule has 1 aromatic carbocycles. The smallest absolute Gasteiger partial charge is 0.146 e. The molecular weight excluding hydrogens is 219 g/mol. The molecule has 17 heavy (non-hydrogen) atoms. The molecule has 0 heterocycles. The van der Waals surface area contributed by atoms with Gasteiger partial charge in [0.25, 0.3) is 0 Å². The third-order valence-corrected chi connectivity index (χ3v) is 2.66. The van der Waals surface area contributed by atoms with Crippen molar-refractivity contribution >= 4 is 5.69 Å². The van der Waals surface area contributed by atoms with Gasteiger partial charge in [-0.3, -0.25) is 0 Å². The minimum atomic E-state index is -0.234. The fourth-order valence-corrected chi connectivity index (χ4v) is 1.73. The van der Waals surface area contributed by atoms with E-state index in [4.69, 9.17) is 0 Å². The number of nitrogens with zero attached hydrogens (tertiary/aromatic N) is 1. The third kappa shape index (κ3) is 4.32. The van der Waals surface area contributed by atoms with Gasteiger partial charge in [-0.2, -0.15) is 0 Å². The van der Waals surface area contributed by atoms with Gasteiger partial charge in [0.05, 0.1) is 12.3 Å². The van der Waals surface area contributed by atoms with E-state index in [0.29, 0.717) is 12.2 Å². The lowest BCUT2D eigenvalue weighted by Crippen LogP contribution is -2.42. The maximum atomic E-state index is 13.5. The molecule has 0 aromatic heterocycles. The van der Waals surface area contributed by atoms with Crippen LogP contribution in [-0.2, 0) is 0 Å². The Balaban J connectivity index is 2.58. The maximum absolute atomic E-state index is 13.5. The van der Waals surface area contributed by atoms with Gasteiger partial charge in [0, 0.05) is 19.6 Å². The van der Waals surface area contributed by atoms with E-state index in [1.54, 1.807) is 12.1 Å². The predicted octanol–water partition coefficient (Wildman–Crippen LogP) is 1.62. The highest BCUT2D eigenvalue weighted by Crippen LogP contribution is 2.16. The molecule has 4 heteroatoms. The Morgan fingerprint density at radius 3 is 2.71 bits per heavy atom. The fourth-order valence-electron chi connectivity index (χ4n) is 1.73. The molecule has 96 valence electrons. The highest BCUT2D eigenvalue weighted by atomic mass is 19.1. The highest BCUT2D eigenvalue weighted by Gasteiger charge is 2.12. The Labute approximate surface area is 102 Å². The summed E-state index contributed by atoms with van der Waals surface area (Å²) in [5, 5.41) is 12.5. The van der Waals surface area contributed by atoms with Gasteiger partial charge in [-0.05, 0) is 25.1 Å². The van der Waals surface area contributed by atoms with Crippen molar-refractivity contribution in [1.29, 1.82) is 0 Å². The number of rotatable bonds is 7. The number of halogens is 1. The van der Waals surface area contributed by atoms with Crippen molar-refractivity contribution in [2.45, 2.75) is 19.4 Å². The molecule has 0 spiro atoms. The lowest BCUT2D eigenvalue weighted by Gasteiger charge is -2.25. The van der Waals surface area contributed by atoms with E-state index in [9.17, 15) is 9.50 Å². The monoisotopic (exact) mass is 240 g/mol. The second kappa shape index (κ2) is 7.25. The molecule has 0 aliphatic heterocycles.